The summed E-state index contributed by atoms with van der Waals surface area (Å²) in [7, 11) is 3.67. The van der Waals surface area contributed by atoms with Crippen molar-refractivity contribution in [1.29, 1.82) is 0 Å². The Kier molecular flexibility index (Phi) is 4.98. The lowest BCUT2D eigenvalue weighted by molar-refractivity contribution is -0.174. The van der Waals surface area contributed by atoms with Crippen molar-refractivity contribution in [1.82, 2.24) is 25.5 Å². The summed E-state index contributed by atoms with van der Waals surface area (Å²) >= 11 is 0. The number of fused-ring (bicyclic) bond motifs is 5. The molecule has 3 aromatic rings. The lowest BCUT2D eigenvalue weighted by atomic mass is 9.90. The van der Waals surface area contributed by atoms with Gasteiger partial charge in [0.05, 0.1) is 24.5 Å². The molecule has 2 unspecified atom stereocenters. The molecule has 5 rings (SSSR count). The van der Waals surface area contributed by atoms with Crippen molar-refractivity contribution in [3.05, 3.63) is 48.0 Å². The van der Waals surface area contributed by atoms with Crippen molar-refractivity contribution < 1.29 is 18.0 Å². The van der Waals surface area contributed by atoms with E-state index in [0.29, 0.717) is 25.2 Å². The van der Waals surface area contributed by atoms with Gasteiger partial charge in [0.25, 0.3) is 0 Å². The molecule has 11 heteroatoms. The normalized spacial score (nSPS) is 19.9. The highest BCUT2D eigenvalue weighted by atomic mass is 19.4. The Morgan fingerprint density at radius 3 is 2.61 bits per heavy atom. The van der Waals surface area contributed by atoms with Gasteiger partial charge in [-0.25, -0.2) is 0 Å². The molecule has 1 amide bonds. The van der Waals surface area contributed by atoms with Crippen LogP contribution in [0.25, 0.3) is 11.4 Å². The predicted octanol–water partition coefficient (Wildman–Crippen LogP) is 3.35. The number of nitrogens with zero attached hydrogens (tertiary/aromatic N) is 6. The number of piperidine rings is 1. The quantitative estimate of drug-likeness (QED) is 0.636. The summed E-state index contributed by atoms with van der Waals surface area (Å²) < 4.78 is 38.5. The van der Waals surface area contributed by atoms with Gasteiger partial charge in [-0.2, -0.15) is 18.0 Å². The summed E-state index contributed by atoms with van der Waals surface area (Å²) in [5.41, 5.74) is 4.68. The van der Waals surface area contributed by atoms with Gasteiger partial charge in [-0.1, -0.05) is 18.2 Å². The van der Waals surface area contributed by atoms with Gasteiger partial charge in [0.1, 0.15) is 0 Å². The summed E-state index contributed by atoms with van der Waals surface area (Å²) in [6.45, 7) is 0.505. The fourth-order valence-corrected chi connectivity index (χ4v) is 4.73. The van der Waals surface area contributed by atoms with Crippen molar-refractivity contribution >= 4 is 23.0 Å². The molecule has 33 heavy (non-hydrogen) atoms. The molecule has 2 atom stereocenters. The van der Waals surface area contributed by atoms with E-state index in [-0.39, 0.29) is 6.04 Å². The lowest BCUT2D eigenvalue weighted by Gasteiger charge is -2.41. The second kappa shape index (κ2) is 7.75. The van der Waals surface area contributed by atoms with E-state index >= 15 is 0 Å². The zero-order valence-electron chi connectivity index (χ0n) is 18.0. The molecule has 172 valence electrons. The van der Waals surface area contributed by atoms with Gasteiger partial charge in [0, 0.05) is 30.9 Å². The Morgan fingerprint density at radius 1 is 1.09 bits per heavy atom. The van der Waals surface area contributed by atoms with Crippen LogP contribution in [0.15, 0.2) is 42.5 Å². The predicted molar refractivity (Wildman–Crippen MR) is 116 cm³/mol. The Hall–Kier alpha value is -3.63. The zero-order chi connectivity index (χ0) is 23.3. The van der Waals surface area contributed by atoms with E-state index in [2.05, 4.69) is 30.5 Å². The summed E-state index contributed by atoms with van der Waals surface area (Å²) in [6, 6.07) is 13.0. The molecule has 0 radical (unpaired) electrons. The van der Waals surface area contributed by atoms with Crippen LogP contribution in [0.4, 0.5) is 30.2 Å². The van der Waals surface area contributed by atoms with Crippen LogP contribution in [0, 0.1) is 0 Å². The van der Waals surface area contributed by atoms with E-state index in [1.165, 1.54) is 4.80 Å². The SMILES string of the molecule is CN1c2ccccc2C2CC(NC(=O)C(F)(F)F)CCN2c2ccc(-c3nnn(C)n3)cc21. The molecule has 8 nitrogen and oxygen atoms in total. The van der Waals surface area contributed by atoms with Crippen molar-refractivity contribution in [3.63, 3.8) is 0 Å². The first-order valence-electron chi connectivity index (χ1n) is 10.6. The van der Waals surface area contributed by atoms with Crippen molar-refractivity contribution in [2.24, 2.45) is 7.05 Å². The molecule has 3 heterocycles. The Labute approximate surface area is 188 Å². The number of halogens is 3. The number of rotatable bonds is 2. The molecule has 2 aromatic carbocycles. The summed E-state index contributed by atoms with van der Waals surface area (Å²) in [5.74, 6) is -1.38. The van der Waals surface area contributed by atoms with E-state index in [0.717, 1.165) is 28.2 Å². The molecular weight excluding hydrogens is 435 g/mol. The maximum Gasteiger partial charge on any atom is 0.471 e. The van der Waals surface area contributed by atoms with E-state index < -0.39 is 18.1 Å². The Balaban J connectivity index is 1.55. The van der Waals surface area contributed by atoms with Crippen molar-refractivity contribution in [2.45, 2.75) is 31.1 Å². The third-order valence-electron chi connectivity index (χ3n) is 6.26. The molecule has 1 fully saturated rings. The highest BCUT2D eigenvalue weighted by molar-refractivity contribution is 5.85. The average molecular weight is 457 g/mol. The molecule has 0 spiro atoms. The van der Waals surface area contributed by atoms with Gasteiger partial charge in [0.2, 0.25) is 5.82 Å². The first kappa shape index (κ1) is 21.2. The molecule has 2 aliphatic rings. The summed E-state index contributed by atoms with van der Waals surface area (Å²) in [4.78, 5) is 17.2. The number of benzene rings is 2. The number of anilines is 3. The van der Waals surface area contributed by atoms with Crippen LogP contribution in [0.2, 0.25) is 0 Å². The number of aryl methyl sites for hydroxylation is 1. The van der Waals surface area contributed by atoms with E-state index in [1.54, 1.807) is 7.05 Å². The monoisotopic (exact) mass is 457 g/mol. The minimum atomic E-state index is -4.89. The summed E-state index contributed by atoms with van der Waals surface area (Å²) in [5, 5.41) is 14.5. The number of hydrogen-bond acceptors (Lipinski definition) is 6. The first-order valence-corrected chi connectivity index (χ1v) is 10.6. The number of amides is 1. The molecule has 0 bridgehead atoms. The van der Waals surface area contributed by atoms with Crippen LogP contribution >= 0.6 is 0 Å². The fourth-order valence-electron chi connectivity index (χ4n) is 4.73. The minimum Gasteiger partial charge on any atom is -0.363 e. The highest BCUT2D eigenvalue weighted by Gasteiger charge is 2.42. The standard InChI is InChI=1S/C22H22F3N7O/c1-30-16-6-4-3-5-15(16)18-12-14(26-21(33)22(23,24)25)9-10-32(18)17-8-7-13(11-19(17)30)20-27-29-31(2)28-20/h3-8,11,14,18H,9-10,12H2,1-2H3,(H,26,33). The number of tetrazole rings is 1. The van der Waals surface area contributed by atoms with E-state index in [9.17, 15) is 18.0 Å². The molecule has 0 saturated carbocycles. The number of carbonyl (C=O) groups is 1. The number of para-hydroxylation sites is 1. The van der Waals surface area contributed by atoms with Gasteiger partial charge in [-0.05, 0) is 47.9 Å². The van der Waals surface area contributed by atoms with Gasteiger partial charge in [-0.3, -0.25) is 4.79 Å². The molecular formula is C22H22F3N7O. The van der Waals surface area contributed by atoms with E-state index in [4.69, 9.17) is 0 Å². The third kappa shape index (κ3) is 3.77. The van der Waals surface area contributed by atoms with Crippen molar-refractivity contribution in [3.8, 4) is 11.4 Å². The molecule has 0 aliphatic carbocycles. The van der Waals surface area contributed by atoms with Crippen LogP contribution in [0.1, 0.15) is 24.4 Å². The molecule has 2 aliphatic heterocycles. The molecule has 1 saturated heterocycles. The topological polar surface area (TPSA) is 79.2 Å². The zero-order valence-corrected chi connectivity index (χ0v) is 18.0. The lowest BCUT2D eigenvalue weighted by Crippen LogP contribution is -2.49. The number of carbonyl (C=O) groups excluding carboxylic acids is 1. The van der Waals surface area contributed by atoms with Crippen LogP contribution in [-0.4, -0.2) is 51.9 Å². The van der Waals surface area contributed by atoms with Gasteiger partial charge in [0.15, 0.2) is 0 Å². The largest absolute Gasteiger partial charge is 0.471 e. The Morgan fingerprint density at radius 2 is 1.88 bits per heavy atom. The minimum absolute atomic E-state index is 0.183. The third-order valence-corrected chi connectivity index (χ3v) is 6.26. The fraction of sp³-hybridized carbons (Fsp3) is 0.364. The molecule has 1 aromatic heterocycles. The maximum atomic E-state index is 12.8. The van der Waals surface area contributed by atoms with E-state index in [1.807, 2.05) is 49.5 Å². The van der Waals surface area contributed by atoms with Crippen LogP contribution in [0.3, 0.4) is 0 Å². The maximum absolute atomic E-state index is 12.8. The smallest absolute Gasteiger partial charge is 0.363 e. The highest BCUT2D eigenvalue weighted by Crippen LogP contribution is 2.48. The van der Waals surface area contributed by atoms with Crippen LogP contribution in [-0.2, 0) is 11.8 Å². The first-order chi connectivity index (χ1) is 15.7. The molecule has 1 N–H and O–H groups in total. The van der Waals surface area contributed by atoms with Gasteiger partial charge in [-0.15, -0.1) is 10.2 Å². The summed E-state index contributed by atoms with van der Waals surface area (Å²) in [6.07, 6.45) is -4.10. The number of nitrogens with one attached hydrogen (secondary N) is 1. The second-order valence-corrected chi connectivity index (χ2v) is 8.33. The van der Waals surface area contributed by atoms with Gasteiger partial charge < -0.3 is 15.1 Å². The Bertz CT molecular complexity index is 1210. The average Bonchev–Trinajstić information content (AvgIpc) is 3.20. The number of aromatic nitrogens is 4. The second-order valence-electron chi connectivity index (χ2n) is 8.33. The van der Waals surface area contributed by atoms with Gasteiger partial charge >= 0.3 is 12.1 Å². The number of hydrogen-bond donors (Lipinski definition) is 1. The van der Waals surface area contributed by atoms with Crippen LogP contribution < -0.4 is 15.1 Å². The van der Waals surface area contributed by atoms with Crippen molar-refractivity contribution in [2.75, 3.05) is 23.4 Å². The van der Waals surface area contributed by atoms with Crippen LogP contribution in [0.5, 0.6) is 0 Å². The number of alkyl halides is 3.